The molecule has 0 heterocycles. The first kappa shape index (κ1) is 21.1. The quantitative estimate of drug-likeness (QED) is 0.678. The lowest BCUT2D eigenvalue weighted by molar-refractivity contribution is -0.145. The van der Waals surface area contributed by atoms with Crippen molar-refractivity contribution in [2.45, 2.75) is 31.8 Å². The van der Waals surface area contributed by atoms with E-state index in [-0.39, 0.29) is 18.7 Å². The van der Waals surface area contributed by atoms with Gasteiger partial charge in [-0.3, -0.25) is 9.59 Å². The highest BCUT2D eigenvalue weighted by Gasteiger charge is 2.27. The molecule has 7 heteroatoms. The summed E-state index contributed by atoms with van der Waals surface area (Å²) >= 11 is 0. The van der Waals surface area contributed by atoms with E-state index in [2.05, 4.69) is 10.6 Å². The molecule has 6 nitrogen and oxygen atoms in total. The van der Waals surface area contributed by atoms with Crippen LogP contribution in [0.25, 0.3) is 0 Å². The molecule has 0 saturated carbocycles. The summed E-state index contributed by atoms with van der Waals surface area (Å²) in [6, 6.07) is 13.1. The van der Waals surface area contributed by atoms with Gasteiger partial charge in [0.05, 0.1) is 7.11 Å². The van der Waals surface area contributed by atoms with Gasteiger partial charge in [-0.25, -0.2) is 9.18 Å². The number of hydrogen-bond donors (Lipinski definition) is 2. The Morgan fingerprint density at radius 3 is 2.18 bits per heavy atom. The number of amides is 2. The summed E-state index contributed by atoms with van der Waals surface area (Å²) in [5, 5.41) is 5.21. The largest absolute Gasteiger partial charge is 0.467 e. The lowest BCUT2D eigenvalue weighted by Crippen LogP contribution is -2.53. The molecule has 0 unspecified atom stereocenters. The molecule has 0 bridgehead atoms. The van der Waals surface area contributed by atoms with Crippen molar-refractivity contribution in [3.8, 4) is 0 Å². The van der Waals surface area contributed by atoms with Crippen molar-refractivity contribution < 1.29 is 23.5 Å². The van der Waals surface area contributed by atoms with Gasteiger partial charge >= 0.3 is 5.97 Å². The number of methoxy groups -OCH3 is 1. The Kier molecular flexibility index (Phi) is 7.68. The zero-order valence-corrected chi connectivity index (χ0v) is 15.8. The van der Waals surface area contributed by atoms with Crippen molar-refractivity contribution in [2.75, 3.05) is 7.11 Å². The summed E-state index contributed by atoms with van der Waals surface area (Å²) in [6.45, 7) is 1.32. The maximum Gasteiger partial charge on any atom is 0.328 e. The van der Waals surface area contributed by atoms with Crippen LogP contribution in [0.15, 0.2) is 54.6 Å². The highest BCUT2D eigenvalue weighted by molar-refractivity contribution is 5.90. The Morgan fingerprint density at radius 2 is 1.57 bits per heavy atom. The van der Waals surface area contributed by atoms with Crippen LogP contribution in [-0.2, 0) is 32.0 Å². The molecular formula is C21H23FN2O4. The van der Waals surface area contributed by atoms with Gasteiger partial charge in [0.15, 0.2) is 0 Å². The number of carbonyl (C=O) groups excluding carboxylic acids is 3. The Hall–Kier alpha value is -3.22. The molecule has 148 valence electrons. The molecule has 2 rings (SSSR count). The number of rotatable bonds is 8. The first-order valence-electron chi connectivity index (χ1n) is 8.82. The number of halogens is 1. The molecule has 2 atom stereocenters. The van der Waals surface area contributed by atoms with E-state index in [9.17, 15) is 18.8 Å². The molecule has 2 aromatic carbocycles. The van der Waals surface area contributed by atoms with Crippen molar-refractivity contribution in [2.24, 2.45) is 0 Å². The van der Waals surface area contributed by atoms with E-state index >= 15 is 0 Å². The predicted molar refractivity (Wildman–Crippen MR) is 102 cm³/mol. The van der Waals surface area contributed by atoms with Gasteiger partial charge in [0, 0.05) is 19.8 Å². The molecule has 0 aliphatic rings. The highest BCUT2D eigenvalue weighted by atomic mass is 19.1. The molecule has 2 amide bonds. The topological polar surface area (TPSA) is 84.5 Å². The van der Waals surface area contributed by atoms with Gasteiger partial charge in [-0.15, -0.1) is 0 Å². The second kappa shape index (κ2) is 10.2. The van der Waals surface area contributed by atoms with E-state index in [0.29, 0.717) is 5.56 Å². The van der Waals surface area contributed by atoms with Crippen LogP contribution in [0.2, 0.25) is 0 Å². The SMILES string of the molecule is COC(=O)[C@@H](Cc1cccc(F)c1)NC(=O)[C@@H](Cc1ccccc1)NC(C)=O. The summed E-state index contributed by atoms with van der Waals surface area (Å²) < 4.78 is 18.2. The third-order valence-corrected chi connectivity index (χ3v) is 4.11. The van der Waals surface area contributed by atoms with Gasteiger partial charge in [0.25, 0.3) is 0 Å². The second-order valence-electron chi connectivity index (χ2n) is 6.36. The number of benzene rings is 2. The van der Waals surface area contributed by atoms with Crippen LogP contribution in [0.3, 0.4) is 0 Å². The fraction of sp³-hybridized carbons (Fsp3) is 0.286. The van der Waals surface area contributed by atoms with Crippen molar-refractivity contribution in [3.63, 3.8) is 0 Å². The summed E-state index contributed by atoms with van der Waals surface area (Å²) in [4.78, 5) is 36.4. The smallest absolute Gasteiger partial charge is 0.328 e. The third-order valence-electron chi connectivity index (χ3n) is 4.11. The molecule has 0 aliphatic heterocycles. The minimum atomic E-state index is -1.01. The standard InChI is InChI=1S/C21H23FN2O4/c1-14(25)23-18(12-15-7-4-3-5-8-15)20(26)24-19(21(27)28-2)13-16-9-6-10-17(22)11-16/h3-11,18-19H,12-13H2,1-2H3,(H,23,25)(H,24,26)/t18-,19-/m1/s1. The first-order valence-corrected chi connectivity index (χ1v) is 8.82. The van der Waals surface area contributed by atoms with Gasteiger partial charge in [-0.1, -0.05) is 42.5 Å². The third kappa shape index (κ3) is 6.50. The maximum atomic E-state index is 13.4. The normalized spacial score (nSPS) is 12.5. The van der Waals surface area contributed by atoms with Gasteiger partial charge in [0.1, 0.15) is 17.9 Å². The van der Waals surface area contributed by atoms with Crippen LogP contribution < -0.4 is 10.6 Å². The molecular weight excluding hydrogens is 363 g/mol. The van der Waals surface area contributed by atoms with Crippen LogP contribution >= 0.6 is 0 Å². The molecule has 0 fully saturated rings. The molecule has 0 spiro atoms. The number of esters is 1. The maximum absolute atomic E-state index is 13.4. The highest BCUT2D eigenvalue weighted by Crippen LogP contribution is 2.09. The Labute approximate surface area is 163 Å². The number of ether oxygens (including phenoxy) is 1. The monoisotopic (exact) mass is 386 g/mol. The fourth-order valence-corrected chi connectivity index (χ4v) is 2.81. The van der Waals surface area contributed by atoms with E-state index in [1.165, 1.54) is 32.2 Å². The summed E-state index contributed by atoms with van der Waals surface area (Å²) in [5.74, 6) is -1.98. The molecule has 28 heavy (non-hydrogen) atoms. The van der Waals surface area contributed by atoms with Crippen LogP contribution in [0, 0.1) is 5.82 Å². The lowest BCUT2D eigenvalue weighted by Gasteiger charge is -2.22. The average molecular weight is 386 g/mol. The van der Waals surface area contributed by atoms with Gasteiger partial charge in [-0.05, 0) is 23.3 Å². The molecule has 2 N–H and O–H groups in total. The molecule has 0 aromatic heterocycles. The van der Waals surface area contributed by atoms with Gasteiger partial charge in [-0.2, -0.15) is 0 Å². The van der Waals surface area contributed by atoms with Gasteiger partial charge in [0.2, 0.25) is 11.8 Å². The Balaban J connectivity index is 2.15. The van der Waals surface area contributed by atoms with Crippen molar-refractivity contribution in [3.05, 3.63) is 71.5 Å². The molecule has 0 saturated heterocycles. The lowest BCUT2D eigenvalue weighted by atomic mass is 10.0. The summed E-state index contributed by atoms with van der Waals surface area (Å²) in [6.07, 6.45) is 0.328. The zero-order valence-electron chi connectivity index (χ0n) is 15.8. The van der Waals surface area contributed by atoms with Crippen LogP contribution in [0.5, 0.6) is 0 Å². The van der Waals surface area contributed by atoms with E-state index in [0.717, 1.165) is 5.56 Å². The zero-order chi connectivity index (χ0) is 20.5. The number of hydrogen-bond acceptors (Lipinski definition) is 4. The predicted octanol–water partition coefficient (Wildman–Crippen LogP) is 1.77. The minimum absolute atomic E-state index is 0.0638. The minimum Gasteiger partial charge on any atom is -0.467 e. The molecule has 0 aliphatic carbocycles. The van der Waals surface area contributed by atoms with E-state index in [4.69, 9.17) is 4.74 Å². The van der Waals surface area contributed by atoms with E-state index < -0.39 is 29.8 Å². The summed E-state index contributed by atoms with van der Waals surface area (Å²) in [5.41, 5.74) is 1.39. The molecule has 2 aromatic rings. The Morgan fingerprint density at radius 1 is 0.929 bits per heavy atom. The van der Waals surface area contributed by atoms with Crippen LogP contribution in [0.4, 0.5) is 4.39 Å². The van der Waals surface area contributed by atoms with E-state index in [1.54, 1.807) is 6.07 Å². The Bertz CT molecular complexity index is 826. The fourth-order valence-electron chi connectivity index (χ4n) is 2.81. The number of carbonyl (C=O) groups is 3. The average Bonchev–Trinajstić information content (AvgIpc) is 2.66. The number of nitrogens with one attached hydrogen (secondary N) is 2. The van der Waals surface area contributed by atoms with Crippen molar-refractivity contribution in [1.29, 1.82) is 0 Å². The van der Waals surface area contributed by atoms with Crippen LogP contribution in [-0.4, -0.2) is 37.0 Å². The second-order valence-corrected chi connectivity index (χ2v) is 6.36. The molecule has 0 radical (unpaired) electrons. The van der Waals surface area contributed by atoms with Crippen LogP contribution in [0.1, 0.15) is 18.1 Å². The van der Waals surface area contributed by atoms with Gasteiger partial charge < -0.3 is 15.4 Å². The van der Waals surface area contributed by atoms with Crippen molar-refractivity contribution in [1.82, 2.24) is 10.6 Å². The first-order chi connectivity index (χ1) is 13.4. The summed E-state index contributed by atoms with van der Waals surface area (Å²) in [7, 11) is 1.21. The van der Waals surface area contributed by atoms with E-state index in [1.807, 2.05) is 30.3 Å². The van der Waals surface area contributed by atoms with Crippen molar-refractivity contribution >= 4 is 17.8 Å².